The van der Waals surface area contributed by atoms with Crippen molar-refractivity contribution in [2.45, 2.75) is 75.3 Å². The second kappa shape index (κ2) is 10.8. The number of rotatable bonds is 6. The number of fused-ring (bicyclic) bond motifs is 2. The molecule has 4 aromatic rings. The van der Waals surface area contributed by atoms with Gasteiger partial charge in [0.15, 0.2) is 0 Å². The lowest BCUT2D eigenvalue weighted by atomic mass is 10.0. The van der Waals surface area contributed by atoms with E-state index in [4.69, 9.17) is 4.12 Å². The summed E-state index contributed by atoms with van der Waals surface area (Å²) in [6, 6.07) is 31.9. The summed E-state index contributed by atoms with van der Waals surface area (Å²) in [5.74, 6) is 0. The van der Waals surface area contributed by atoms with Gasteiger partial charge in [-0.25, -0.2) is 0 Å². The average Bonchev–Trinajstić information content (AvgIpc) is 2.94. The Morgan fingerprint density at radius 2 is 0.857 bits per heavy atom. The molecule has 0 aliphatic heterocycles. The number of benzene rings is 4. The van der Waals surface area contributed by atoms with Gasteiger partial charge in [-0.3, -0.25) is 0 Å². The molecule has 35 heavy (non-hydrogen) atoms. The first kappa shape index (κ1) is 23.2. The standard InChI is InChI=1S/C32H36OSi2/c1-3-17-27(18-4-1)34(31-23-11-15-25-13-7-9-21-29(25)31)33-35(28-19-5-2-6-20-28)32-24-12-16-26-14-8-10-22-30(26)32/h7-16,21-24,27-28H,1-6,17-20H2. The van der Waals surface area contributed by atoms with Gasteiger partial charge in [0.1, 0.15) is 0 Å². The van der Waals surface area contributed by atoms with Gasteiger partial charge in [-0.15, -0.1) is 0 Å². The monoisotopic (exact) mass is 492 g/mol. The molecule has 2 radical (unpaired) electrons. The fourth-order valence-corrected chi connectivity index (χ4v) is 13.9. The van der Waals surface area contributed by atoms with E-state index in [1.54, 1.807) is 0 Å². The molecule has 0 spiro atoms. The van der Waals surface area contributed by atoms with Gasteiger partial charge in [-0.1, -0.05) is 149 Å². The van der Waals surface area contributed by atoms with E-state index in [1.807, 2.05) is 0 Å². The van der Waals surface area contributed by atoms with Gasteiger partial charge in [-0.2, -0.15) is 0 Å². The normalized spacial score (nSPS) is 18.1. The molecular formula is C32H36OSi2. The molecule has 1 nitrogen and oxygen atoms in total. The minimum Gasteiger partial charge on any atom is -0.448 e. The highest BCUT2D eigenvalue weighted by Gasteiger charge is 2.38. The van der Waals surface area contributed by atoms with Gasteiger partial charge in [0, 0.05) is 0 Å². The van der Waals surface area contributed by atoms with Gasteiger partial charge in [-0.05, 0) is 43.0 Å². The van der Waals surface area contributed by atoms with Crippen LogP contribution < -0.4 is 10.4 Å². The molecule has 6 rings (SSSR count). The maximum absolute atomic E-state index is 7.72. The summed E-state index contributed by atoms with van der Waals surface area (Å²) < 4.78 is 7.72. The third-order valence-corrected chi connectivity index (χ3v) is 14.6. The predicted molar refractivity (Wildman–Crippen MR) is 153 cm³/mol. The van der Waals surface area contributed by atoms with Crippen molar-refractivity contribution in [3.05, 3.63) is 84.9 Å². The van der Waals surface area contributed by atoms with Gasteiger partial charge >= 0.3 is 0 Å². The summed E-state index contributed by atoms with van der Waals surface area (Å²) >= 11 is 0. The SMILES string of the molecule is c1ccc2c([Si](O[Si](c3cccc4ccccc34)C3CCCCC3)C3CCCCC3)cccc2c1. The molecule has 0 aromatic heterocycles. The third-order valence-electron chi connectivity index (χ3n) is 8.28. The zero-order chi connectivity index (χ0) is 23.5. The largest absolute Gasteiger partial charge is 0.448 e. The summed E-state index contributed by atoms with van der Waals surface area (Å²) in [4.78, 5) is 0. The molecule has 2 aliphatic carbocycles. The Morgan fingerprint density at radius 1 is 0.457 bits per heavy atom. The van der Waals surface area contributed by atoms with Crippen molar-refractivity contribution in [2.24, 2.45) is 0 Å². The molecule has 2 saturated carbocycles. The van der Waals surface area contributed by atoms with E-state index in [-0.39, 0.29) is 0 Å². The zero-order valence-corrected chi connectivity index (χ0v) is 22.7. The van der Waals surface area contributed by atoms with E-state index in [1.165, 1.54) is 96.1 Å². The molecule has 178 valence electrons. The summed E-state index contributed by atoms with van der Waals surface area (Å²) in [6.45, 7) is 0. The van der Waals surface area contributed by atoms with Gasteiger partial charge < -0.3 is 4.12 Å². The topological polar surface area (TPSA) is 9.23 Å². The van der Waals surface area contributed by atoms with Crippen molar-refractivity contribution in [2.75, 3.05) is 0 Å². The molecule has 0 bridgehead atoms. The highest BCUT2D eigenvalue weighted by molar-refractivity contribution is 6.83. The number of hydrogen-bond acceptors (Lipinski definition) is 1. The fraction of sp³-hybridized carbons (Fsp3) is 0.375. The quantitative estimate of drug-likeness (QED) is 0.250. The Morgan fingerprint density at radius 3 is 1.31 bits per heavy atom. The first-order valence-electron chi connectivity index (χ1n) is 13.8. The lowest BCUT2D eigenvalue weighted by Gasteiger charge is -2.36. The molecule has 3 heteroatoms. The van der Waals surface area contributed by atoms with Crippen LogP contribution in [0.5, 0.6) is 0 Å². The van der Waals surface area contributed by atoms with Crippen LogP contribution in [-0.2, 0) is 4.12 Å². The van der Waals surface area contributed by atoms with E-state index in [9.17, 15) is 0 Å². The maximum Gasteiger partial charge on any atom is 0.239 e. The van der Waals surface area contributed by atoms with Crippen molar-refractivity contribution < 1.29 is 4.12 Å². The first-order valence-corrected chi connectivity index (χ1v) is 16.7. The Hall–Kier alpha value is -2.21. The Kier molecular flexibility index (Phi) is 7.17. The van der Waals surface area contributed by atoms with Crippen LogP contribution in [-0.4, -0.2) is 18.1 Å². The average molecular weight is 493 g/mol. The molecule has 0 N–H and O–H groups in total. The van der Waals surface area contributed by atoms with Crippen molar-refractivity contribution >= 4 is 50.0 Å². The van der Waals surface area contributed by atoms with E-state index in [2.05, 4.69) is 84.9 Å². The molecule has 0 heterocycles. The highest BCUT2D eigenvalue weighted by atomic mass is 28.4. The molecule has 2 aliphatic rings. The second-order valence-electron chi connectivity index (χ2n) is 10.6. The molecular weight excluding hydrogens is 457 g/mol. The highest BCUT2D eigenvalue weighted by Crippen LogP contribution is 2.37. The predicted octanol–water partition coefficient (Wildman–Crippen LogP) is 7.78. The van der Waals surface area contributed by atoms with Gasteiger partial charge in [0.25, 0.3) is 0 Å². The van der Waals surface area contributed by atoms with Crippen LogP contribution in [0.1, 0.15) is 64.2 Å². The zero-order valence-electron chi connectivity index (χ0n) is 20.7. The van der Waals surface area contributed by atoms with Crippen LogP contribution >= 0.6 is 0 Å². The summed E-state index contributed by atoms with van der Waals surface area (Å²) in [7, 11) is -2.33. The minimum atomic E-state index is -1.16. The molecule has 4 aromatic carbocycles. The van der Waals surface area contributed by atoms with Crippen molar-refractivity contribution in [3.8, 4) is 0 Å². The summed E-state index contributed by atoms with van der Waals surface area (Å²) in [5, 5.41) is 8.64. The van der Waals surface area contributed by atoms with E-state index >= 15 is 0 Å². The molecule has 0 amide bonds. The van der Waals surface area contributed by atoms with E-state index < -0.39 is 18.1 Å². The lowest BCUT2D eigenvalue weighted by Crippen LogP contribution is -2.50. The van der Waals surface area contributed by atoms with Crippen LogP contribution in [0.25, 0.3) is 21.5 Å². The van der Waals surface area contributed by atoms with Gasteiger partial charge in [0.05, 0.1) is 0 Å². The van der Waals surface area contributed by atoms with Gasteiger partial charge in [0.2, 0.25) is 18.1 Å². The summed E-state index contributed by atoms with van der Waals surface area (Å²) in [5.41, 5.74) is 1.44. The van der Waals surface area contributed by atoms with Crippen molar-refractivity contribution in [3.63, 3.8) is 0 Å². The van der Waals surface area contributed by atoms with Crippen molar-refractivity contribution in [1.29, 1.82) is 0 Å². The Labute approximate surface area is 214 Å². The maximum atomic E-state index is 7.72. The fourth-order valence-electron chi connectivity index (χ4n) is 6.45. The van der Waals surface area contributed by atoms with Crippen LogP contribution in [0.3, 0.4) is 0 Å². The van der Waals surface area contributed by atoms with Crippen LogP contribution in [0.4, 0.5) is 0 Å². The third kappa shape index (κ3) is 4.91. The minimum absolute atomic E-state index is 0.720. The molecule has 0 unspecified atom stereocenters. The van der Waals surface area contributed by atoms with Crippen molar-refractivity contribution in [1.82, 2.24) is 0 Å². The van der Waals surface area contributed by atoms with E-state index in [0.717, 1.165) is 11.1 Å². The second-order valence-corrected chi connectivity index (χ2v) is 15.5. The van der Waals surface area contributed by atoms with E-state index in [0.29, 0.717) is 0 Å². The molecule has 0 atom stereocenters. The summed E-state index contributed by atoms with van der Waals surface area (Å²) in [6.07, 6.45) is 13.6. The van der Waals surface area contributed by atoms with Crippen LogP contribution in [0.2, 0.25) is 11.1 Å². The molecule has 0 saturated heterocycles. The van der Waals surface area contributed by atoms with Crippen LogP contribution in [0, 0.1) is 0 Å². The lowest BCUT2D eigenvalue weighted by molar-refractivity contribution is 0.438. The smallest absolute Gasteiger partial charge is 0.239 e. The Bertz CT molecular complexity index is 1160. The first-order chi connectivity index (χ1) is 17.4. The molecule has 2 fully saturated rings. The Balaban J connectivity index is 1.46. The van der Waals surface area contributed by atoms with Crippen LogP contribution in [0.15, 0.2) is 84.9 Å². The number of hydrogen-bond donors (Lipinski definition) is 0.